The second-order valence-electron chi connectivity index (χ2n) is 5.51. The lowest BCUT2D eigenvalue weighted by molar-refractivity contribution is -0.139. The first-order valence-electron chi connectivity index (χ1n) is 8.13. The molecule has 1 aromatic heterocycles. The largest absolute Gasteiger partial charge is 0.465 e. The molecule has 0 N–H and O–H groups in total. The number of carbonyl (C=O) groups excluding carboxylic acids is 2. The van der Waals surface area contributed by atoms with E-state index in [9.17, 15) is 9.59 Å². The van der Waals surface area contributed by atoms with Gasteiger partial charge in [0.15, 0.2) is 0 Å². The second kappa shape index (κ2) is 8.53. The molecule has 0 fully saturated rings. The van der Waals surface area contributed by atoms with Crippen molar-refractivity contribution in [3.63, 3.8) is 0 Å². The lowest BCUT2D eigenvalue weighted by atomic mass is 10.1. The molecule has 1 aliphatic heterocycles. The SMILES string of the molecule is COC(=O)C1=C(C(=O)OC)N(c2cccc(-c3noc(CCl)n3)c2)C=CC=C1. The molecule has 9 heteroatoms. The molecular formula is C19H16ClN3O5. The number of allylic oxidation sites excluding steroid dienone is 2. The molecule has 144 valence electrons. The molecule has 0 spiro atoms. The third kappa shape index (κ3) is 3.81. The lowest BCUT2D eigenvalue weighted by Gasteiger charge is -2.23. The Morgan fingerprint density at radius 2 is 1.96 bits per heavy atom. The Kier molecular flexibility index (Phi) is 5.90. The van der Waals surface area contributed by atoms with Crippen LogP contribution in [0.3, 0.4) is 0 Å². The van der Waals surface area contributed by atoms with Gasteiger partial charge in [-0.2, -0.15) is 4.98 Å². The zero-order valence-electron chi connectivity index (χ0n) is 15.1. The average molecular weight is 402 g/mol. The number of ether oxygens (including phenoxy) is 2. The number of esters is 2. The summed E-state index contributed by atoms with van der Waals surface area (Å²) < 4.78 is 14.7. The smallest absolute Gasteiger partial charge is 0.355 e. The van der Waals surface area contributed by atoms with Crippen molar-refractivity contribution in [2.24, 2.45) is 0 Å². The Balaban J connectivity index is 2.11. The molecule has 0 unspecified atom stereocenters. The number of alkyl halides is 1. The molecule has 0 amide bonds. The molecule has 1 aromatic carbocycles. The first kappa shape index (κ1) is 19.4. The summed E-state index contributed by atoms with van der Waals surface area (Å²) in [4.78, 5) is 30.4. The van der Waals surface area contributed by atoms with Crippen LogP contribution < -0.4 is 4.90 Å². The standard InChI is InChI=1S/C19H16ClN3O5/c1-26-18(24)14-8-3-4-9-23(16(14)19(25)27-2)13-7-5-6-12(10-13)17-21-15(11-20)28-22-17/h3-10H,11H2,1-2H3. The van der Waals surface area contributed by atoms with E-state index in [1.165, 1.54) is 25.2 Å². The fraction of sp³-hybridized carbons (Fsp3) is 0.158. The van der Waals surface area contributed by atoms with Crippen molar-refractivity contribution < 1.29 is 23.6 Å². The molecule has 0 atom stereocenters. The number of carbonyl (C=O) groups is 2. The number of rotatable bonds is 5. The van der Waals surface area contributed by atoms with Gasteiger partial charge in [0.1, 0.15) is 11.6 Å². The molecule has 0 bridgehead atoms. The van der Waals surface area contributed by atoms with Crippen molar-refractivity contribution in [2.45, 2.75) is 5.88 Å². The summed E-state index contributed by atoms with van der Waals surface area (Å²) in [6.07, 6.45) is 6.44. The third-order valence-electron chi connectivity index (χ3n) is 3.85. The van der Waals surface area contributed by atoms with Crippen LogP contribution in [0.1, 0.15) is 5.89 Å². The van der Waals surface area contributed by atoms with Gasteiger partial charge >= 0.3 is 11.9 Å². The van der Waals surface area contributed by atoms with Crippen LogP contribution >= 0.6 is 11.6 Å². The number of aromatic nitrogens is 2. The minimum atomic E-state index is -0.689. The molecule has 28 heavy (non-hydrogen) atoms. The van der Waals surface area contributed by atoms with Gasteiger partial charge in [-0.25, -0.2) is 9.59 Å². The van der Waals surface area contributed by atoms with Crippen molar-refractivity contribution in [3.05, 3.63) is 65.9 Å². The normalized spacial score (nSPS) is 13.5. The van der Waals surface area contributed by atoms with Gasteiger partial charge in [-0.3, -0.25) is 0 Å². The minimum absolute atomic E-state index is 0.0195. The highest BCUT2D eigenvalue weighted by Crippen LogP contribution is 2.29. The van der Waals surface area contributed by atoms with Crippen molar-refractivity contribution in [2.75, 3.05) is 19.1 Å². The average Bonchev–Trinajstić information content (AvgIpc) is 3.11. The summed E-state index contributed by atoms with van der Waals surface area (Å²) >= 11 is 5.71. The van der Waals surface area contributed by atoms with Crippen LogP contribution in [0.25, 0.3) is 11.4 Å². The van der Waals surface area contributed by atoms with Crippen molar-refractivity contribution in [1.29, 1.82) is 0 Å². The lowest BCUT2D eigenvalue weighted by Crippen LogP contribution is -2.26. The summed E-state index contributed by atoms with van der Waals surface area (Å²) in [5.74, 6) is -0.599. The van der Waals surface area contributed by atoms with Crippen LogP contribution in [0.4, 0.5) is 5.69 Å². The van der Waals surface area contributed by atoms with E-state index in [1.807, 2.05) is 0 Å². The number of nitrogens with zero attached hydrogens (tertiary/aromatic N) is 3. The van der Waals surface area contributed by atoms with Crippen LogP contribution in [0.15, 0.2) is 64.5 Å². The number of halogens is 1. The highest BCUT2D eigenvalue weighted by Gasteiger charge is 2.27. The Bertz CT molecular complexity index is 993. The summed E-state index contributed by atoms with van der Waals surface area (Å²) in [7, 11) is 2.48. The topological polar surface area (TPSA) is 94.8 Å². The van der Waals surface area contributed by atoms with E-state index in [4.69, 9.17) is 25.6 Å². The van der Waals surface area contributed by atoms with Crippen molar-refractivity contribution >= 4 is 29.2 Å². The Morgan fingerprint density at radius 3 is 2.64 bits per heavy atom. The zero-order chi connectivity index (χ0) is 20.1. The molecule has 0 radical (unpaired) electrons. The molecular weight excluding hydrogens is 386 g/mol. The Labute approximate surface area is 165 Å². The van der Waals surface area contributed by atoms with E-state index < -0.39 is 11.9 Å². The monoisotopic (exact) mass is 401 g/mol. The highest BCUT2D eigenvalue weighted by atomic mass is 35.5. The number of hydrogen-bond donors (Lipinski definition) is 0. The fourth-order valence-electron chi connectivity index (χ4n) is 2.59. The zero-order valence-corrected chi connectivity index (χ0v) is 15.8. The van der Waals surface area contributed by atoms with Gasteiger partial charge in [0, 0.05) is 17.5 Å². The minimum Gasteiger partial charge on any atom is -0.465 e. The Morgan fingerprint density at radius 1 is 1.18 bits per heavy atom. The molecule has 1 aliphatic rings. The van der Waals surface area contributed by atoms with Gasteiger partial charge < -0.3 is 18.9 Å². The van der Waals surface area contributed by atoms with Gasteiger partial charge in [-0.1, -0.05) is 23.4 Å². The Hall–Kier alpha value is -3.39. The van der Waals surface area contributed by atoms with E-state index in [2.05, 4.69) is 10.1 Å². The van der Waals surface area contributed by atoms with E-state index in [1.54, 1.807) is 42.6 Å². The maximum atomic E-state index is 12.5. The van der Waals surface area contributed by atoms with Gasteiger partial charge in [0.2, 0.25) is 11.7 Å². The van der Waals surface area contributed by atoms with Crippen LogP contribution in [-0.4, -0.2) is 36.3 Å². The summed E-state index contributed by atoms with van der Waals surface area (Å²) in [5.41, 5.74) is 1.31. The maximum Gasteiger partial charge on any atom is 0.355 e. The highest BCUT2D eigenvalue weighted by molar-refractivity contribution is 6.16. The molecule has 0 saturated carbocycles. The second-order valence-corrected chi connectivity index (χ2v) is 5.78. The van der Waals surface area contributed by atoms with Gasteiger partial charge in [0.05, 0.1) is 19.8 Å². The van der Waals surface area contributed by atoms with Crippen molar-refractivity contribution in [3.8, 4) is 11.4 Å². The number of anilines is 1. The van der Waals surface area contributed by atoms with Gasteiger partial charge in [0.25, 0.3) is 0 Å². The molecule has 8 nitrogen and oxygen atoms in total. The third-order valence-corrected chi connectivity index (χ3v) is 4.08. The molecule has 0 aliphatic carbocycles. The molecule has 2 aromatic rings. The first-order chi connectivity index (χ1) is 13.6. The van der Waals surface area contributed by atoms with Gasteiger partial charge in [-0.15, -0.1) is 11.6 Å². The van der Waals surface area contributed by atoms with Crippen LogP contribution in [0.2, 0.25) is 0 Å². The first-order valence-corrected chi connectivity index (χ1v) is 8.66. The number of benzene rings is 1. The van der Waals surface area contributed by atoms with Crippen LogP contribution in [0, 0.1) is 0 Å². The summed E-state index contributed by atoms with van der Waals surface area (Å²) in [5, 5.41) is 3.89. The fourth-order valence-corrected chi connectivity index (χ4v) is 2.70. The van der Waals surface area contributed by atoms with Crippen LogP contribution in [0.5, 0.6) is 0 Å². The molecule has 3 rings (SSSR count). The summed E-state index contributed by atoms with van der Waals surface area (Å²) in [6.45, 7) is 0. The number of hydrogen-bond acceptors (Lipinski definition) is 8. The van der Waals surface area contributed by atoms with Crippen molar-refractivity contribution in [1.82, 2.24) is 10.1 Å². The van der Waals surface area contributed by atoms with E-state index >= 15 is 0 Å². The van der Waals surface area contributed by atoms with E-state index in [0.717, 1.165) is 0 Å². The maximum absolute atomic E-state index is 12.5. The molecule has 2 heterocycles. The molecule has 0 saturated heterocycles. The number of methoxy groups -OCH3 is 2. The predicted octanol–water partition coefficient (Wildman–Crippen LogP) is 2.97. The van der Waals surface area contributed by atoms with Gasteiger partial charge in [-0.05, 0) is 24.3 Å². The quantitative estimate of drug-likeness (QED) is 0.557. The summed E-state index contributed by atoms with van der Waals surface area (Å²) in [6, 6.07) is 7.06. The van der Waals surface area contributed by atoms with E-state index in [0.29, 0.717) is 23.0 Å². The van der Waals surface area contributed by atoms with Crippen LogP contribution in [-0.2, 0) is 24.9 Å². The van der Waals surface area contributed by atoms with E-state index in [-0.39, 0.29) is 17.2 Å². The predicted molar refractivity (Wildman–Crippen MR) is 101 cm³/mol.